The van der Waals surface area contributed by atoms with Crippen LogP contribution in [0.1, 0.15) is 25.3 Å². The summed E-state index contributed by atoms with van der Waals surface area (Å²) in [4.78, 5) is 11.5. The van der Waals surface area contributed by atoms with Gasteiger partial charge in [0.25, 0.3) is 0 Å². The number of hydrogen-bond donors (Lipinski definition) is 0. The topological polar surface area (TPSA) is 17.1 Å². The fourth-order valence-electron chi connectivity index (χ4n) is 1.89. The summed E-state index contributed by atoms with van der Waals surface area (Å²) in [7, 11) is 0. The van der Waals surface area contributed by atoms with E-state index >= 15 is 0 Å². The maximum atomic E-state index is 11.5. The Morgan fingerprint density at radius 2 is 2.14 bits per heavy atom. The molecule has 1 aromatic carbocycles. The number of rotatable bonds is 3. The molecular weight excluding hydrogens is 240 g/mol. The first-order valence-corrected chi connectivity index (χ1v) is 5.75. The molecule has 2 unspecified atom stereocenters. The summed E-state index contributed by atoms with van der Waals surface area (Å²) in [6, 6.07) is 10.2. The first kappa shape index (κ1) is 9.91. The molecule has 74 valence electrons. The molecule has 1 aliphatic carbocycles. The third-order valence-electron chi connectivity index (χ3n) is 2.88. The number of carbonyl (C=O) groups is 1. The monoisotopic (exact) mass is 252 g/mol. The molecule has 1 saturated carbocycles. The SMILES string of the molecule is CCC(=O)C1CC1(Br)c1ccccc1. The van der Waals surface area contributed by atoms with Crippen molar-refractivity contribution in [2.45, 2.75) is 24.1 Å². The van der Waals surface area contributed by atoms with Crippen molar-refractivity contribution in [3.8, 4) is 0 Å². The number of carbonyl (C=O) groups excluding carboxylic acids is 1. The van der Waals surface area contributed by atoms with Gasteiger partial charge in [0.05, 0.1) is 4.32 Å². The number of Topliss-reactive ketones (excluding diaryl/α,β-unsaturated/α-hetero) is 1. The predicted octanol–water partition coefficient (Wildman–Crippen LogP) is 3.28. The van der Waals surface area contributed by atoms with Crippen molar-refractivity contribution < 1.29 is 4.79 Å². The van der Waals surface area contributed by atoms with Crippen LogP contribution in [-0.2, 0) is 9.12 Å². The molecule has 1 aromatic rings. The minimum atomic E-state index is -0.0542. The molecule has 1 nitrogen and oxygen atoms in total. The summed E-state index contributed by atoms with van der Waals surface area (Å²) >= 11 is 3.68. The van der Waals surface area contributed by atoms with E-state index in [9.17, 15) is 4.79 Å². The van der Waals surface area contributed by atoms with Crippen molar-refractivity contribution in [3.05, 3.63) is 35.9 Å². The first-order chi connectivity index (χ1) is 6.68. The zero-order valence-electron chi connectivity index (χ0n) is 8.16. The lowest BCUT2D eigenvalue weighted by Crippen LogP contribution is -2.07. The second kappa shape index (κ2) is 3.50. The zero-order valence-corrected chi connectivity index (χ0v) is 9.75. The fourth-order valence-corrected chi connectivity index (χ4v) is 2.73. The van der Waals surface area contributed by atoms with E-state index in [1.807, 2.05) is 25.1 Å². The van der Waals surface area contributed by atoms with Gasteiger partial charge in [0, 0.05) is 12.3 Å². The Morgan fingerprint density at radius 1 is 1.50 bits per heavy atom. The maximum Gasteiger partial charge on any atom is 0.137 e. The van der Waals surface area contributed by atoms with E-state index in [0.29, 0.717) is 12.2 Å². The average molecular weight is 253 g/mol. The summed E-state index contributed by atoms with van der Waals surface area (Å²) in [6.45, 7) is 1.93. The maximum absolute atomic E-state index is 11.5. The summed E-state index contributed by atoms with van der Waals surface area (Å²) in [5, 5.41) is 0. The van der Waals surface area contributed by atoms with E-state index in [4.69, 9.17) is 0 Å². The molecule has 0 aromatic heterocycles. The number of halogens is 1. The van der Waals surface area contributed by atoms with Crippen LogP contribution in [0.5, 0.6) is 0 Å². The molecule has 2 atom stereocenters. The van der Waals surface area contributed by atoms with E-state index in [2.05, 4.69) is 28.1 Å². The van der Waals surface area contributed by atoms with E-state index in [1.165, 1.54) is 5.56 Å². The normalized spacial score (nSPS) is 30.0. The summed E-state index contributed by atoms with van der Waals surface area (Å²) in [6.07, 6.45) is 1.59. The highest BCUT2D eigenvalue weighted by Crippen LogP contribution is 2.59. The summed E-state index contributed by atoms with van der Waals surface area (Å²) in [5.41, 5.74) is 1.23. The lowest BCUT2D eigenvalue weighted by atomic mass is 10.1. The quantitative estimate of drug-likeness (QED) is 0.755. The van der Waals surface area contributed by atoms with Crippen LogP contribution in [0, 0.1) is 5.92 Å². The van der Waals surface area contributed by atoms with Crippen LogP contribution in [0.2, 0.25) is 0 Å². The minimum Gasteiger partial charge on any atom is -0.299 e. The van der Waals surface area contributed by atoms with Gasteiger partial charge in [-0.3, -0.25) is 4.79 Å². The lowest BCUT2D eigenvalue weighted by molar-refractivity contribution is -0.120. The first-order valence-electron chi connectivity index (χ1n) is 4.95. The van der Waals surface area contributed by atoms with Crippen LogP contribution < -0.4 is 0 Å². The molecule has 0 bridgehead atoms. The predicted molar refractivity (Wildman–Crippen MR) is 60.5 cm³/mol. The fraction of sp³-hybridized carbons (Fsp3) is 0.417. The largest absolute Gasteiger partial charge is 0.299 e. The van der Waals surface area contributed by atoms with E-state index in [1.54, 1.807) is 0 Å². The van der Waals surface area contributed by atoms with Gasteiger partial charge in [-0.2, -0.15) is 0 Å². The van der Waals surface area contributed by atoms with Gasteiger partial charge in [-0.25, -0.2) is 0 Å². The molecule has 0 spiro atoms. The Hall–Kier alpha value is -0.630. The third-order valence-corrected chi connectivity index (χ3v) is 4.22. The number of ketones is 1. The van der Waals surface area contributed by atoms with Crippen molar-refractivity contribution in [3.63, 3.8) is 0 Å². The van der Waals surface area contributed by atoms with Crippen molar-refractivity contribution in [1.29, 1.82) is 0 Å². The van der Waals surface area contributed by atoms with Gasteiger partial charge in [0.1, 0.15) is 5.78 Å². The van der Waals surface area contributed by atoms with Crippen LogP contribution in [0.3, 0.4) is 0 Å². The van der Waals surface area contributed by atoms with Gasteiger partial charge in [-0.15, -0.1) is 0 Å². The Balaban J connectivity index is 2.19. The molecule has 0 radical (unpaired) electrons. The molecule has 0 aliphatic heterocycles. The molecule has 0 amide bonds. The molecule has 0 saturated heterocycles. The zero-order chi connectivity index (χ0) is 10.2. The average Bonchev–Trinajstić information content (AvgIpc) is 2.93. The van der Waals surface area contributed by atoms with Gasteiger partial charge < -0.3 is 0 Å². The number of benzene rings is 1. The van der Waals surface area contributed by atoms with Crippen LogP contribution >= 0.6 is 15.9 Å². The standard InChI is InChI=1S/C12H13BrO/c1-2-11(14)10-8-12(10,13)9-6-4-3-5-7-9/h3-7,10H,2,8H2,1H3. The van der Waals surface area contributed by atoms with Crippen molar-refractivity contribution in [2.24, 2.45) is 5.92 Å². The molecule has 1 aliphatic rings. The van der Waals surface area contributed by atoms with Gasteiger partial charge in [0.2, 0.25) is 0 Å². The van der Waals surface area contributed by atoms with Gasteiger partial charge in [-0.1, -0.05) is 53.2 Å². The molecule has 0 N–H and O–H groups in total. The Morgan fingerprint density at radius 3 is 2.71 bits per heavy atom. The molecule has 1 fully saturated rings. The van der Waals surface area contributed by atoms with Crippen LogP contribution in [-0.4, -0.2) is 5.78 Å². The number of hydrogen-bond acceptors (Lipinski definition) is 1. The smallest absolute Gasteiger partial charge is 0.137 e. The highest BCUT2D eigenvalue weighted by Gasteiger charge is 2.56. The number of alkyl halides is 1. The third kappa shape index (κ3) is 1.52. The van der Waals surface area contributed by atoms with Crippen LogP contribution in [0.25, 0.3) is 0 Å². The van der Waals surface area contributed by atoms with E-state index in [-0.39, 0.29) is 10.2 Å². The molecular formula is C12H13BrO. The van der Waals surface area contributed by atoms with Gasteiger partial charge in [-0.05, 0) is 12.0 Å². The Bertz CT molecular complexity index is 347. The molecule has 0 heterocycles. The van der Waals surface area contributed by atoms with Crippen molar-refractivity contribution >= 4 is 21.7 Å². The van der Waals surface area contributed by atoms with E-state index < -0.39 is 0 Å². The minimum absolute atomic E-state index is 0.0542. The van der Waals surface area contributed by atoms with E-state index in [0.717, 1.165) is 6.42 Å². The second-order valence-electron chi connectivity index (χ2n) is 3.81. The summed E-state index contributed by atoms with van der Waals surface area (Å²) in [5.74, 6) is 0.556. The molecule has 14 heavy (non-hydrogen) atoms. The highest BCUT2D eigenvalue weighted by atomic mass is 79.9. The van der Waals surface area contributed by atoms with Gasteiger partial charge in [0.15, 0.2) is 0 Å². The lowest BCUT2D eigenvalue weighted by Gasteiger charge is -2.08. The Kier molecular flexibility index (Phi) is 2.48. The Labute approximate surface area is 92.6 Å². The van der Waals surface area contributed by atoms with Crippen LogP contribution in [0.4, 0.5) is 0 Å². The van der Waals surface area contributed by atoms with Gasteiger partial charge >= 0.3 is 0 Å². The highest BCUT2D eigenvalue weighted by molar-refractivity contribution is 9.09. The molecule has 2 rings (SSSR count). The van der Waals surface area contributed by atoms with Crippen molar-refractivity contribution in [1.82, 2.24) is 0 Å². The summed E-state index contributed by atoms with van der Waals surface area (Å²) < 4.78 is -0.0542. The second-order valence-corrected chi connectivity index (χ2v) is 5.22. The molecule has 2 heteroatoms. The van der Waals surface area contributed by atoms with Crippen molar-refractivity contribution in [2.75, 3.05) is 0 Å². The van der Waals surface area contributed by atoms with Crippen LogP contribution in [0.15, 0.2) is 30.3 Å².